The van der Waals surface area contributed by atoms with Crippen molar-refractivity contribution in [1.82, 2.24) is 9.55 Å². The van der Waals surface area contributed by atoms with E-state index >= 15 is 0 Å². The number of imidazole rings is 1. The van der Waals surface area contributed by atoms with Crippen LogP contribution in [0.25, 0.3) is 22.3 Å². The van der Waals surface area contributed by atoms with Crippen molar-refractivity contribution in [3.63, 3.8) is 0 Å². The van der Waals surface area contributed by atoms with E-state index in [4.69, 9.17) is 15.1 Å². The molecule has 0 spiro atoms. The molecular formula is C24H22BrN3O3. The number of halogens is 1. The molecule has 31 heavy (non-hydrogen) atoms. The Balaban J connectivity index is 1.76. The quantitative estimate of drug-likeness (QED) is 0.341. The van der Waals surface area contributed by atoms with Gasteiger partial charge in [-0.1, -0.05) is 25.1 Å². The number of para-hydroxylation sites is 1. The van der Waals surface area contributed by atoms with Gasteiger partial charge in [-0.05, 0) is 52.0 Å². The minimum atomic E-state index is -0.931. The Morgan fingerprint density at radius 3 is 2.71 bits per heavy atom. The molecule has 1 aromatic heterocycles. The number of carboxylic acids is 1. The van der Waals surface area contributed by atoms with Crippen molar-refractivity contribution in [2.24, 2.45) is 0 Å². The van der Waals surface area contributed by atoms with Gasteiger partial charge in [0.05, 0.1) is 24.8 Å². The molecule has 5 rings (SSSR count). The molecule has 2 heterocycles. The highest BCUT2D eigenvalue weighted by atomic mass is 79.9. The van der Waals surface area contributed by atoms with Crippen molar-refractivity contribution in [1.29, 1.82) is 0 Å². The molecule has 0 atom stereocenters. The number of anilines is 1. The van der Waals surface area contributed by atoms with Crippen molar-refractivity contribution in [3.05, 3.63) is 70.1 Å². The zero-order chi connectivity index (χ0) is 21.7. The normalized spacial score (nSPS) is 13.7. The molecule has 158 valence electrons. The first-order valence-electron chi connectivity index (χ1n) is 10.3. The molecule has 7 heteroatoms. The molecule has 0 bridgehead atoms. The fraction of sp³-hybridized carbons (Fsp3) is 0.250. The smallest absolute Gasteiger partial charge is 0.354 e. The van der Waals surface area contributed by atoms with Crippen LogP contribution < -0.4 is 5.73 Å². The summed E-state index contributed by atoms with van der Waals surface area (Å²) in [7, 11) is 0. The second-order valence-electron chi connectivity index (χ2n) is 7.92. The van der Waals surface area contributed by atoms with Crippen molar-refractivity contribution < 1.29 is 14.3 Å². The van der Waals surface area contributed by atoms with Gasteiger partial charge in [0, 0.05) is 39.2 Å². The summed E-state index contributed by atoms with van der Waals surface area (Å²) in [6.45, 7) is 2.40. The maximum absolute atomic E-state index is 12.3. The summed E-state index contributed by atoms with van der Waals surface area (Å²) in [5.41, 5.74) is 12.8. The number of fused-ring (bicyclic) bond motifs is 1. The van der Waals surface area contributed by atoms with Crippen LogP contribution in [0.2, 0.25) is 0 Å². The lowest BCUT2D eigenvalue weighted by atomic mass is 10.0. The van der Waals surface area contributed by atoms with Crippen LogP contribution in [0.15, 0.2) is 51.7 Å². The lowest BCUT2D eigenvalue weighted by Crippen LogP contribution is -2.14. The maximum atomic E-state index is 12.3. The van der Waals surface area contributed by atoms with E-state index in [1.165, 1.54) is 0 Å². The van der Waals surface area contributed by atoms with E-state index in [0.717, 1.165) is 56.6 Å². The summed E-state index contributed by atoms with van der Waals surface area (Å²) < 4.78 is 8.18. The molecule has 0 amide bonds. The topological polar surface area (TPSA) is 94.3 Å². The van der Waals surface area contributed by atoms with E-state index < -0.39 is 5.97 Å². The summed E-state index contributed by atoms with van der Waals surface area (Å²) in [6, 6.07) is 9.63. The maximum Gasteiger partial charge on any atom is 0.354 e. The van der Waals surface area contributed by atoms with Crippen LogP contribution >= 0.6 is 15.9 Å². The molecule has 3 aliphatic rings. The molecule has 2 aromatic rings. The highest BCUT2D eigenvalue weighted by Crippen LogP contribution is 2.48. The summed E-state index contributed by atoms with van der Waals surface area (Å²) in [5.74, 6) is 0.112. The Bertz CT molecular complexity index is 1270. The number of nitrogens with two attached hydrogens (primary N) is 1. The van der Waals surface area contributed by atoms with Gasteiger partial charge >= 0.3 is 5.97 Å². The number of hydrogen-bond donors (Lipinski definition) is 2. The number of nitrogen functional groups attached to an aromatic ring is 1. The Labute approximate surface area is 188 Å². The molecule has 0 radical (unpaired) electrons. The predicted molar refractivity (Wildman–Crippen MR) is 123 cm³/mol. The fourth-order valence-electron chi connectivity index (χ4n) is 4.36. The SMILES string of the molecule is CCc1nc(C2CC2)c(C(=O)O)n1Cc1c2ccocc-2c(Br)c1-c1ccccc1N. The van der Waals surface area contributed by atoms with E-state index in [1.54, 1.807) is 12.5 Å². The van der Waals surface area contributed by atoms with Crippen molar-refractivity contribution in [3.8, 4) is 22.3 Å². The average molecular weight is 480 g/mol. The summed E-state index contributed by atoms with van der Waals surface area (Å²) in [6.07, 6.45) is 5.99. The lowest BCUT2D eigenvalue weighted by Gasteiger charge is -2.14. The van der Waals surface area contributed by atoms with Gasteiger partial charge in [0.15, 0.2) is 5.69 Å². The van der Waals surface area contributed by atoms with Crippen LogP contribution in [0.4, 0.5) is 5.69 Å². The van der Waals surface area contributed by atoms with Gasteiger partial charge in [0.1, 0.15) is 5.82 Å². The van der Waals surface area contributed by atoms with Gasteiger partial charge in [0.25, 0.3) is 0 Å². The zero-order valence-electron chi connectivity index (χ0n) is 17.1. The van der Waals surface area contributed by atoms with E-state index in [9.17, 15) is 9.90 Å². The Morgan fingerprint density at radius 1 is 1.26 bits per heavy atom. The number of carbonyl (C=O) groups is 1. The Morgan fingerprint density at radius 2 is 2.03 bits per heavy atom. The van der Waals surface area contributed by atoms with E-state index in [1.807, 2.05) is 41.8 Å². The molecule has 1 fully saturated rings. The standard InChI is InChI=1S/C24H22BrN3O3/c1-2-19-27-22(13-7-8-13)23(24(29)30)28(19)11-16-14-9-10-31-12-17(14)21(25)20(16)15-5-3-4-6-18(15)26/h3-6,9-10,12-13H,2,7-8,11,26H2,1H3,(H,29,30). The first-order chi connectivity index (χ1) is 15.0. The number of rotatable bonds is 6. The predicted octanol–water partition coefficient (Wildman–Crippen LogP) is 5.78. The molecule has 0 unspecified atom stereocenters. The number of nitrogens with zero attached hydrogens (tertiary/aromatic N) is 2. The van der Waals surface area contributed by atoms with Crippen LogP contribution in [0.5, 0.6) is 0 Å². The molecule has 1 saturated carbocycles. The van der Waals surface area contributed by atoms with Gasteiger partial charge in [-0.3, -0.25) is 0 Å². The van der Waals surface area contributed by atoms with Gasteiger partial charge in [-0.25, -0.2) is 9.78 Å². The number of aromatic nitrogens is 2. The van der Waals surface area contributed by atoms with Crippen LogP contribution in [-0.4, -0.2) is 20.6 Å². The van der Waals surface area contributed by atoms with Crippen LogP contribution in [0, 0.1) is 0 Å². The molecule has 0 saturated heterocycles. The van der Waals surface area contributed by atoms with Gasteiger partial charge in [-0.2, -0.15) is 0 Å². The third kappa shape index (κ3) is 3.24. The van der Waals surface area contributed by atoms with Gasteiger partial charge < -0.3 is 19.8 Å². The van der Waals surface area contributed by atoms with E-state index in [0.29, 0.717) is 24.3 Å². The molecule has 3 N–H and O–H groups in total. The number of aryl methyl sites for hydroxylation is 1. The van der Waals surface area contributed by atoms with Gasteiger partial charge in [-0.15, -0.1) is 0 Å². The molecule has 6 nitrogen and oxygen atoms in total. The van der Waals surface area contributed by atoms with E-state index in [-0.39, 0.29) is 5.92 Å². The van der Waals surface area contributed by atoms with Crippen molar-refractivity contribution in [2.45, 2.75) is 38.6 Å². The molecule has 1 aromatic carbocycles. The summed E-state index contributed by atoms with van der Waals surface area (Å²) >= 11 is 3.75. The fourth-order valence-corrected chi connectivity index (χ4v) is 5.12. The molecular weight excluding hydrogens is 458 g/mol. The number of carboxylic acid groups (broad SMARTS) is 1. The number of aromatic carboxylic acids is 1. The highest BCUT2D eigenvalue weighted by Gasteiger charge is 2.35. The number of benzene rings is 1. The highest BCUT2D eigenvalue weighted by molar-refractivity contribution is 9.10. The largest absolute Gasteiger partial charge is 0.477 e. The molecule has 1 aliphatic heterocycles. The first kappa shape index (κ1) is 19.9. The van der Waals surface area contributed by atoms with Crippen LogP contribution in [0.1, 0.15) is 53.3 Å². The Kier molecular flexibility index (Phi) is 4.85. The third-order valence-electron chi connectivity index (χ3n) is 5.98. The number of hydrogen-bond acceptors (Lipinski definition) is 4. The summed E-state index contributed by atoms with van der Waals surface area (Å²) in [5, 5.41) is 10.1. The summed E-state index contributed by atoms with van der Waals surface area (Å²) in [4.78, 5) is 17.0. The lowest BCUT2D eigenvalue weighted by molar-refractivity contribution is 0.0684. The third-order valence-corrected chi connectivity index (χ3v) is 6.80. The monoisotopic (exact) mass is 479 g/mol. The second-order valence-corrected chi connectivity index (χ2v) is 8.71. The van der Waals surface area contributed by atoms with Crippen molar-refractivity contribution >= 4 is 27.6 Å². The minimum absolute atomic E-state index is 0.254. The average Bonchev–Trinajstić information content (AvgIpc) is 3.49. The van der Waals surface area contributed by atoms with Crippen LogP contribution in [0.3, 0.4) is 0 Å². The molecule has 2 aliphatic carbocycles. The first-order valence-corrected chi connectivity index (χ1v) is 11.1. The minimum Gasteiger partial charge on any atom is -0.477 e. The van der Waals surface area contributed by atoms with Crippen molar-refractivity contribution in [2.75, 3.05) is 5.73 Å². The van der Waals surface area contributed by atoms with Crippen LogP contribution in [-0.2, 0) is 13.0 Å². The Hall–Kier alpha value is -3.06. The zero-order valence-corrected chi connectivity index (χ0v) is 18.6. The van der Waals surface area contributed by atoms with Gasteiger partial charge in [0.2, 0.25) is 0 Å². The second kappa shape index (κ2) is 7.57. The van der Waals surface area contributed by atoms with E-state index in [2.05, 4.69) is 15.9 Å².